The maximum Gasteiger partial charge on any atom is 0.336 e. The molecule has 0 unspecified atom stereocenters. The van der Waals surface area contributed by atoms with Crippen LogP contribution in [0.4, 0.5) is 18.9 Å². The number of carboxylic acid groups (broad SMARTS) is 1. The molecule has 194 valence electrons. The molecule has 0 atom stereocenters. The smallest absolute Gasteiger partial charge is 0.336 e. The fourth-order valence-electron chi connectivity index (χ4n) is 3.85. The highest BCUT2D eigenvalue weighted by atomic mass is 79.9. The van der Waals surface area contributed by atoms with Crippen LogP contribution < -0.4 is 10.5 Å². The first-order valence-corrected chi connectivity index (χ1v) is 12.2. The first-order chi connectivity index (χ1) is 17.6. The molecule has 0 aliphatic carbocycles. The van der Waals surface area contributed by atoms with Crippen molar-refractivity contribution < 1.29 is 27.8 Å². The number of ether oxygens (including phenoxy) is 1. The Morgan fingerprint density at radius 1 is 1.00 bits per heavy atom. The van der Waals surface area contributed by atoms with Gasteiger partial charge in [-0.05, 0) is 61.9 Å². The van der Waals surface area contributed by atoms with Crippen LogP contribution in [0.2, 0.25) is 0 Å². The normalized spacial score (nSPS) is 10.6. The molecule has 4 aromatic rings. The Hall–Kier alpha value is -3.72. The van der Waals surface area contributed by atoms with Crippen LogP contribution in [0, 0.1) is 31.3 Å². The fraction of sp³-hybridized carbons (Fsp3) is 0.179. The number of nitrogens with zero attached hydrogens (tertiary/aromatic N) is 1. The van der Waals surface area contributed by atoms with Gasteiger partial charge in [0.2, 0.25) is 0 Å². The Labute approximate surface area is 221 Å². The van der Waals surface area contributed by atoms with Crippen LogP contribution in [0.5, 0.6) is 5.75 Å². The molecule has 0 saturated carbocycles. The van der Waals surface area contributed by atoms with Crippen molar-refractivity contribution in [3.05, 3.63) is 98.9 Å². The largest absolute Gasteiger partial charge is 0.488 e. The third-order valence-corrected chi connectivity index (χ3v) is 6.19. The van der Waals surface area contributed by atoms with Crippen LogP contribution in [0.3, 0.4) is 0 Å². The number of aryl methyl sites for hydroxylation is 1. The lowest BCUT2D eigenvalue weighted by molar-refractivity contribution is 0.0696. The van der Waals surface area contributed by atoms with E-state index < -0.39 is 35.6 Å². The monoisotopic (exact) mass is 574 g/mol. The van der Waals surface area contributed by atoms with Gasteiger partial charge in [0.05, 0.1) is 16.8 Å². The van der Waals surface area contributed by atoms with Gasteiger partial charge in [-0.3, -0.25) is 0 Å². The third kappa shape index (κ3) is 5.83. The number of hydrogen-bond acceptors (Lipinski definition) is 3. The van der Waals surface area contributed by atoms with E-state index in [0.717, 1.165) is 10.2 Å². The average Bonchev–Trinajstić information content (AvgIpc) is 3.23. The van der Waals surface area contributed by atoms with Gasteiger partial charge in [0.25, 0.3) is 0 Å². The Morgan fingerprint density at radius 2 is 1.65 bits per heavy atom. The van der Waals surface area contributed by atoms with Crippen LogP contribution in [0.15, 0.2) is 59.1 Å². The van der Waals surface area contributed by atoms with E-state index in [2.05, 4.69) is 15.9 Å². The van der Waals surface area contributed by atoms with E-state index in [1.165, 1.54) is 6.07 Å². The van der Waals surface area contributed by atoms with Gasteiger partial charge in [-0.25, -0.2) is 18.0 Å². The van der Waals surface area contributed by atoms with Gasteiger partial charge in [0.1, 0.15) is 29.8 Å². The quantitative estimate of drug-likeness (QED) is 0.230. The van der Waals surface area contributed by atoms with Crippen LogP contribution in [0.1, 0.15) is 41.0 Å². The van der Waals surface area contributed by atoms with Crippen molar-refractivity contribution in [1.29, 1.82) is 0 Å². The third-order valence-electron chi connectivity index (χ3n) is 5.69. The molecule has 4 rings (SSSR count). The SMILES string of the molecule is CC.Cc1c(N)cc(-n2c(C)ccc2-c2cc(Br)ccc2OCc2c(F)cc(F)cc2F)cc1C(=O)O. The lowest BCUT2D eigenvalue weighted by Crippen LogP contribution is -2.08. The Morgan fingerprint density at radius 3 is 2.27 bits per heavy atom. The second kappa shape index (κ2) is 11.6. The van der Waals surface area contributed by atoms with Crippen LogP contribution >= 0.6 is 15.9 Å². The maximum absolute atomic E-state index is 14.1. The van der Waals surface area contributed by atoms with Gasteiger partial charge in [-0.1, -0.05) is 29.8 Å². The molecular formula is C28H26BrF3N2O3. The van der Waals surface area contributed by atoms with E-state index in [1.54, 1.807) is 31.2 Å². The molecule has 0 bridgehead atoms. The number of rotatable bonds is 6. The summed E-state index contributed by atoms with van der Waals surface area (Å²) in [6, 6.07) is 13.2. The molecule has 0 spiro atoms. The predicted octanol–water partition coefficient (Wildman–Crippen LogP) is 7.83. The summed E-state index contributed by atoms with van der Waals surface area (Å²) in [7, 11) is 0. The van der Waals surface area contributed by atoms with Gasteiger partial charge < -0.3 is 20.1 Å². The van der Waals surface area contributed by atoms with Gasteiger partial charge in [-0.15, -0.1) is 0 Å². The lowest BCUT2D eigenvalue weighted by atomic mass is 10.0. The van der Waals surface area contributed by atoms with E-state index >= 15 is 0 Å². The van der Waals surface area contributed by atoms with E-state index in [9.17, 15) is 23.1 Å². The molecule has 37 heavy (non-hydrogen) atoms. The fourth-order valence-corrected chi connectivity index (χ4v) is 4.21. The molecule has 0 aliphatic rings. The topological polar surface area (TPSA) is 77.5 Å². The summed E-state index contributed by atoms with van der Waals surface area (Å²) in [5.74, 6) is -3.89. The van der Waals surface area contributed by atoms with Crippen molar-refractivity contribution in [3.8, 4) is 22.7 Å². The molecule has 0 radical (unpaired) electrons. The number of hydrogen-bond donors (Lipinski definition) is 2. The summed E-state index contributed by atoms with van der Waals surface area (Å²) >= 11 is 3.44. The van der Waals surface area contributed by atoms with Gasteiger partial charge in [-0.2, -0.15) is 0 Å². The van der Waals surface area contributed by atoms with Gasteiger partial charge in [0, 0.05) is 39.2 Å². The number of nitrogens with two attached hydrogens (primary N) is 1. The van der Waals surface area contributed by atoms with Crippen molar-refractivity contribution in [2.24, 2.45) is 0 Å². The van der Waals surface area contributed by atoms with Crippen molar-refractivity contribution >= 4 is 27.6 Å². The van der Waals surface area contributed by atoms with Crippen LogP contribution in [0.25, 0.3) is 16.9 Å². The molecule has 1 aromatic heterocycles. The minimum atomic E-state index is -1.10. The molecule has 0 aliphatic heterocycles. The zero-order valence-electron chi connectivity index (χ0n) is 20.7. The molecule has 9 heteroatoms. The molecule has 0 amide bonds. The summed E-state index contributed by atoms with van der Waals surface area (Å²) in [5, 5.41) is 9.61. The van der Waals surface area contributed by atoms with Gasteiger partial charge in [0.15, 0.2) is 0 Å². The van der Waals surface area contributed by atoms with Crippen molar-refractivity contribution in [2.75, 3.05) is 5.73 Å². The predicted molar refractivity (Wildman–Crippen MR) is 142 cm³/mol. The summed E-state index contributed by atoms with van der Waals surface area (Å²) in [6.07, 6.45) is 0. The standard InChI is InChI=1S/C26H20BrF3N2O3.C2H6/c1-13-3-5-24(32(13)17-10-18(26(33)34)14(2)23(31)11-17)19-7-15(27)4-6-25(19)35-12-20-21(29)8-16(28)9-22(20)30;1-2/h3-11H,12,31H2,1-2H3,(H,33,34);1-2H3. The maximum atomic E-state index is 14.1. The molecule has 0 fully saturated rings. The van der Waals surface area contributed by atoms with E-state index in [0.29, 0.717) is 46.1 Å². The minimum Gasteiger partial charge on any atom is -0.488 e. The number of nitrogen functional groups attached to an aromatic ring is 1. The number of halogens is 4. The first-order valence-electron chi connectivity index (χ1n) is 11.4. The summed E-state index contributed by atoms with van der Waals surface area (Å²) < 4.78 is 49.9. The molecule has 3 N–H and O–H groups in total. The Bertz CT molecular complexity index is 1440. The molecular weight excluding hydrogens is 549 g/mol. The van der Waals surface area contributed by atoms with Crippen LogP contribution in [-0.4, -0.2) is 15.6 Å². The number of anilines is 1. The highest BCUT2D eigenvalue weighted by molar-refractivity contribution is 9.10. The van der Waals surface area contributed by atoms with Crippen LogP contribution in [-0.2, 0) is 6.61 Å². The second-order valence-electron chi connectivity index (χ2n) is 7.99. The molecule has 5 nitrogen and oxygen atoms in total. The minimum absolute atomic E-state index is 0.0759. The summed E-state index contributed by atoms with van der Waals surface area (Å²) in [6.45, 7) is 7.02. The number of carboxylic acids is 1. The highest BCUT2D eigenvalue weighted by Crippen LogP contribution is 2.37. The molecule has 0 saturated heterocycles. The van der Waals surface area contributed by atoms with Gasteiger partial charge >= 0.3 is 5.97 Å². The molecule has 3 aromatic carbocycles. The lowest BCUT2D eigenvalue weighted by Gasteiger charge is -2.18. The zero-order chi connectivity index (χ0) is 27.4. The second-order valence-corrected chi connectivity index (χ2v) is 8.90. The summed E-state index contributed by atoms with van der Waals surface area (Å²) in [5.41, 5.74) is 9.10. The van der Waals surface area contributed by atoms with E-state index in [4.69, 9.17) is 10.5 Å². The Kier molecular flexibility index (Phi) is 8.70. The zero-order valence-corrected chi connectivity index (χ0v) is 22.3. The number of benzene rings is 3. The number of aromatic nitrogens is 1. The Balaban J connectivity index is 0.00000186. The highest BCUT2D eigenvalue weighted by Gasteiger charge is 2.19. The first kappa shape index (κ1) is 27.9. The summed E-state index contributed by atoms with van der Waals surface area (Å²) in [4.78, 5) is 11.8. The average molecular weight is 575 g/mol. The van der Waals surface area contributed by atoms with Crippen molar-refractivity contribution in [3.63, 3.8) is 0 Å². The van der Waals surface area contributed by atoms with Crippen molar-refractivity contribution in [1.82, 2.24) is 4.57 Å². The number of carbonyl (C=O) groups is 1. The van der Waals surface area contributed by atoms with E-state index in [1.807, 2.05) is 37.5 Å². The van der Waals surface area contributed by atoms with E-state index in [-0.39, 0.29) is 5.56 Å². The molecule has 1 heterocycles. The van der Waals surface area contributed by atoms with Crippen molar-refractivity contribution in [2.45, 2.75) is 34.3 Å². The number of aromatic carboxylic acids is 1.